The van der Waals surface area contributed by atoms with Crippen LogP contribution < -0.4 is 0 Å². The molecule has 1 atom stereocenters. The number of carbonyl (C=O) groups excluding carboxylic acids is 1. The number of hydrogen-bond donors (Lipinski definition) is 1. The minimum atomic E-state index is -0.930. The molecule has 4 rings (SSSR count). The van der Waals surface area contributed by atoms with Crippen LogP contribution >= 0.6 is 0 Å². The van der Waals surface area contributed by atoms with Crippen molar-refractivity contribution in [3.8, 4) is 0 Å². The first-order valence-corrected chi connectivity index (χ1v) is 13.3. The van der Waals surface area contributed by atoms with Gasteiger partial charge in [-0.05, 0) is 79.4 Å². The quantitative estimate of drug-likeness (QED) is 0.549. The van der Waals surface area contributed by atoms with E-state index in [9.17, 15) is 14.7 Å². The van der Waals surface area contributed by atoms with Crippen LogP contribution in [0, 0.1) is 16.7 Å². The first-order chi connectivity index (χ1) is 16.3. The average Bonchev–Trinajstić information content (AvgIpc) is 2.98. The standard InChI is InChI=1S/C29H43N3O3/c1-27(2,3)15-14-23(20-8-10-21(11-9-20)26(34)35)32-25(33)24(31-18-7-19-31)30-29(32)16-12-22(13-17-29)28(4,5)6/h8-11,22-23H,7,12-19H2,1-6H3,(H,34,35)/t22?,23-,29?/m1/s1. The summed E-state index contributed by atoms with van der Waals surface area (Å²) in [7, 11) is 0. The zero-order valence-electron chi connectivity index (χ0n) is 22.4. The molecule has 0 bridgehead atoms. The summed E-state index contributed by atoms with van der Waals surface area (Å²) in [5.41, 5.74) is 1.15. The van der Waals surface area contributed by atoms with Crippen LogP contribution in [0.25, 0.3) is 0 Å². The number of aliphatic imine (C=N–C) groups is 1. The maximum Gasteiger partial charge on any atom is 0.335 e. The van der Waals surface area contributed by atoms with E-state index in [4.69, 9.17) is 4.99 Å². The van der Waals surface area contributed by atoms with E-state index in [0.717, 1.165) is 63.6 Å². The zero-order valence-corrected chi connectivity index (χ0v) is 22.4. The number of benzene rings is 1. The first kappa shape index (κ1) is 25.7. The Bertz CT molecular complexity index is 972. The molecule has 1 saturated carbocycles. The molecule has 0 unspecified atom stereocenters. The molecular weight excluding hydrogens is 438 g/mol. The second kappa shape index (κ2) is 9.25. The molecule has 192 valence electrons. The summed E-state index contributed by atoms with van der Waals surface area (Å²) in [6.45, 7) is 15.5. The number of likely N-dealkylation sites (tertiary alicyclic amines) is 1. The smallest absolute Gasteiger partial charge is 0.335 e. The number of carboxylic acids is 1. The number of nitrogens with zero attached hydrogens (tertiary/aromatic N) is 3. The van der Waals surface area contributed by atoms with Gasteiger partial charge in [0, 0.05) is 13.1 Å². The summed E-state index contributed by atoms with van der Waals surface area (Å²) >= 11 is 0. The Morgan fingerprint density at radius 1 is 1.09 bits per heavy atom. The van der Waals surface area contributed by atoms with Crippen molar-refractivity contribution in [2.75, 3.05) is 13.1 Å². The molecule has 0 aromatic heterocycles. The lowest BCUT2D eigenvalue weighted by Crippen LogP contribution is -2.53. The third-order valence-corrected chi connectivity index (χ3v) is 8.36. The van der Waals surface area contributed by atoms with Crippen molar-refractivity contribution in [1.82, 2.24) is 9.80 Å². The highest BCUT2D eigenvalue weighted by atomic mass is 16.4. The van der Waals surface area contributed by atoms with Crippen LogP contribution in [0.3, 0.4) is 0 Å². The van der Waals surface area contributed by atoms with Crippen molar-refractivity contribution < 1.29 is 14.7 Å². The van der Waals surface area contributed by atoms with Crippen molar-refractivity contribution in [2.45, 2.75) is 98.2 Å². The number of amidine groups is 1. The number of carboxylic acid groups (broad SMARTS) is 1. The van der Waals surface area contributed by atoms with Gasteiger partial charge in [0.05, 0.1) is 11.6 Å². The molecule has 1 aromatic rings. The summed E-state index contributed by atoms with van der Waals surface area (Å²) in [5, 5.41) is 9.41. The van der Waals surface area contributed by atoms with Gasteiger partial charge < -0.3 is 14.9 Å². The molecule has 6 nitrogen and oxygen atoms in total. The van der Waals surface area contributed by atoms with Crippen LogP contribution in [0.15, 0.2) is 29.3 Å². The number of rotatable bonds is 5. The molecule has 0 radical (unpaired) electrons. The van der Waals surface area contributed by atoms with Crippen molar-refractivity contribution in [2.24, 2.45) is 21.7 Å². The molecule has 1 spiro atoms. The van der Waals surface area contributed by atoms with Crippen LogP contribution in [-0.4, -0.2) is 51.4 Å². The highest BCUT2D eigenvalue weighted by Crippen LogP contribution is 2.50. The highest BCUT2D eigenvalue weighted by molar-refractivity contribution is 6.39. The van der Waals surface area contributed by atoms with Crippen LogP contribution in [0.4, 0.5) is 0 Å². The Balaban J connectivity index is 1.72. The molecule has 2 fully saturated rings. The summed E-state index contributed by atoms with van der Waals surface area (Å²) in [6, 6.07) is 7.02. The van der Waals surface area contributed by atoms with Crippen LogP contribution in [0.2, 0.25) is 0 Å². The highest BCUT2D eigenvalue weighted by Gasteiger charge is 2.54. The van der Waals surface area contributed by atoms with Gasteiger partial charge in [-0.15, -0.1) is 0 Å². The van der Waals surface area contributed by atoms with Gasteiger partial charge in [0.25, 0.3) is 5.91 Å². The molecule has 6 heteroatoms. The van der Waals surface area contributed by atoms with Crippen molar-refractivity contribution in [3.63, 3.8) is 0 Å². The Hall–Kier alpha value is -2.37. The lowest BCUT2D eigenvalue weighted by Gasteiger charge is -2.47. The van der Waals surface area contributed by atoms with Gasteiger partial charge in [-0.3, -0.25) is 4.79 Å². The number of hydrogen-bond acceptors (Lipinski definition) is 4. The summed E-state index contributed by atoms with van der Waals surface area (Å²) in [6.07, 6.45) is 6.79. The van der Waals surface area contributed by atoms with Crippen LogP contribution in [-0.2, 0) is 4.79 Å². The molecule has 2 heterocycles. The van der Waals surface area contributed by atoms with Crippen molar-refractivity contribution in [3.05, 3.63) is 35.4 Å². The molecule has 2 aliphatic heterocycles. The van der Waals surface area contributed by atoms with E-state index >= 15 is 0 Å². The zero-order chi connectivity index (χ0) is 25.6. The van der Waals surface area contributed by atoms with Gasteiger partial charge in [-0.1, -0.05) is 53.7 Å². The lowest BCUT2D eigenvalue weighted by atomic mass is 9.69. The number of aromatic carboxylic acids is 1. The maximum atomic E-state index is 14.1. The Labute approximate surface area is 210 Å². The van der Waals surface area contributed by atoms with E-state index in [0.29, 0.717) is 11.8 Å². The SMILES string of the molecule is CC(C)(C)CC[C@H](c1ccc(C(=O)O)cc1)N1C(=O)C(N2CCC2)=NC12CCC(C(C)(C)C)CC2. The normalized spacial score (nSPS) is 26.1. The van der Waals surface area contributed by atoms with Gasteiger partial charge in [0.1, 0.15) is 5.66 Å². The molecule has 1 aliphatic carbocycles. The largest absolute Gasteiger partial charge is 0.478 e. The Morgan fingerprint density at radius 3 is 2.14 bits per heavy atom. The van der Waals surface area contributed by atoms with E-state index < -0.39 is 11.6 Å². The summed E-state index contributed by atoms with van der Waals surface area (Å²) in [4.78, 5) is 35.0. The van der Waals surface area contributed by atoms with Crippen LogP contribution in [0.1, 0.15) is 108 Å². The molecule has 3 aliphatic rings. The van der Waals surface area contributed by atoms with Crippen molar-refractivity contribution in [1.29, 1.82) is 0 Å². The van der Waals surface area contributed by atoms with Gasteiger partial charge >= 0.3 is 5.97 Å². The molecule has 1 aromatic carbocycles. The van der Waals surface area contributed by atoms with Gasteiger partial charge in [0.15, 0.2) is 5.84 Å². The van der Waals surface area contributed by atoms with E-state index in [2.05, 4.69) is 51.3 Å². The van der Waals surface area contributed by atoms with Gasteiger partial charge in [0.2, 0.25) is 0 Å². The third kappa shape index (κ3) is 5.26. The van der Waals surface area contributed by atoms with Crippen molar-refractivity contribution >= 4 is 17.7 Å². The lowest BCUT2D eigenvalue weighted by molar-refractivity contribution is -0.134. The van der Waals surface area contributed by atoms with E-state index in [1.54, 1.807) is 12.1 Å². The summed E-state index contributed by atoms with van der Waals surface area (Å²) in [5.74, 6) is 0.394. The fourth-order valence-corrected chi connectivity index (χ4v) is 5.92. The maximum absolute atomic E-state index is 14.1. The molecule has 1 saturated heterocycles. The van der Waals surface area contributed by atoms with E-state index in [1.165, 1.54) is 0 Å². The average molecular weight is 482 g/mol. The molecule has 1 amide bonds. The van der Waals surface area contributed by atoms with Crippen LogP contribution in [0.5, 0.6) is 0 Å². The van der Waals surface area contributed by atoms with Gasteiger partial charge in [-0.25, -0.2) is 9.79 Å². The molecule has 35 heavy (non-hydrogen) atoms. The van der Waals surface area contributed by atoms with E-state index in [1.807, 2.05) is 12.1 Å². The monoisotopic (exact) mass is 481 g/mol. The molecular formula is C29H43N3O3. The minimum absolute atomic E-state index is 0.0557. The topological polar surface area (TPSA) is 73.2 Å². The fraction of sp³-hybridized carbons (Fsp3) is 0.690. The third-order valence-electron chi connectivity index (χ3n) is 8.36. The molecule has 1 N–H and O–H groups in total. The predicted molar refractivity (Wildman–Crippen MR) is 139 cm³/mol. The van der Waals surface area contributed by atoms with Gasteiger partial charge in [-0.2, -0.15) is 0 Å². The van der Waals surface area contributed by atoms with E-state index in [-0.39, 0.29) is 28.3 Å². The predicted octanol–water partition coefficient (Wildman–Crippen LogP) is 6.13. The number of carbonyl (C=O) groups is 2. The number of amides is 1. The first-order valence-electron chi connectivity index (χ1n) is 13.3. The second-order valence-electron chi connectivity index (χ2n) is 13.1. The Kier molecular flexibility index (Phi) is 6.80. The Morgan fingerprint density at radius 2 is 1.69 bits per heavy atom. The summed E-state index contributed by atoms with van der Waals surface area (Å²) < 4.78 is 0. The fourth-order valence-electron chi connectivity index (χ4n) is 5.92. The minimum Gasteiger partial charge on any atom is -0.478 e. The second-order valence-corrected chi connectivity index (χ2v) is 13.1.